The molecule has 3 aromatic rings. The highest BCUT2D eigenvalue weighted by molar-refractivity contribution is 5.66. The number of aromatic nitrogens is 4. The molecule has 1 aliphatic rings. The first kappa shape index (κ1) is 18.5. The molecule has 0 saturated heterocycles. The van der Waals surface area contributed by atoms with Crippen molar-refractivity contribution in [3.05, 3.63) is 58.8 Å². The topological polar surface area (TPSA) is 63.1 Å². The molecule has 0 aliphatic heterocycles. The number of fused-ring (bicyclic) bond motifs is 1. The molecule has 28 heavy (non-hydrogen) atoms. The Labute approximate surface area is 158 Å². The van der Waals surface area contributed by atoms with E-state index in [0.29, 0.717) is 30.2 Å². The van der Waals surface area contributed by atoms with E-state index in [4.69, 9.17) is 0 Å². The summed E-state index contributed by atoms with van der Waals surface area (Å²) in [6.07, 6.45) is -1.87. The molecule has 0 amide bonds. The standard InChI is InChI=1S/C20H19F3N4O/c1-2-15-16-19(28)25-17(12-6-4-3-5-7-12)26-27(16)18(24-15)13-8-10-14(11-9-13)20(21,22)23/h2-7,13-14H,1,8-11H2,(H,25,26,28). The van der Waals surface area contributed by atoms with Crippen molar-refractivity contribution in [1.82, 2.24) is 19.6 Å². The zero-order valence-electron chi connectivity index (χ0n) is 15.0. The fraction of sp³-hybridized carbons (Fsp3) is 0.350. The summed E-state index contributed by atoms with van der Waals surface area (Å²) >= 11 is 0. The lowest BCUT2D eigenvalue weighted by Crippen LogP contribution is -2.28. The lowest BCUT2D eigenvalue weighted by atomic mass is 9.81. The summed E-state index contributed by atoms with van der Waals surface area (Å²) in [5.41, 5.74) is 1.04. The molecular formula is C20H19F3N4O. The molecule has 0 bridgehead atoms. The molecule has 1 saturated carbocycles. The predicted molar refractivity (Wildman–Crippen MR) is 99.9 cm³/mol. The quantitative estimate of drug-likeness (QED) is 0.715. The van der Waals surface area contributed by atoms with Gasteiger partial charge in [0.1, 0.15) is 5.82 Å². The molecule has 1 aliphatic carbocycles. The van der Waals surface area contributed by atoms with E-state index < -0.39 is 12.1 Å². The zero-order valence-corrected chi connectivity index (χ0v) is 15.0. The van der Waals surface area contributed by atoms with Gasteiger partial charge < -0.3 is 4.98 Å². The largest absolute Gasteiger partial charge is 0.391 e. The Balaban J connectivity index is 1.78. The summed E-state index contributed by atoms with van der Waals surface area (Å²) in [5.74, 6) is -0.548. The maximum Gasteiger partial charge on any atom is 0.391 e. The maximum absolute atomic E-state index is 13.0. The maximum atomic E-state index is 13.0. The molecule has 0 radical (unpaired) electrons. The highest BCUT2D eigenvalue weighted by Gasteiger charge is 2.42. The summed E-state index contributed by atoms with van der Waals surface area (Å²) in [5, 5.41) is 4.55. The van der Waals surface area contributed by atoms with Crippen molar-refractivity contribution in [2.24, 2.45) is 5.92 Å². The first-order chi connectivity index (χ1) is 13.4. The Morgan fingerprint density at radius 1 is 1.14 bits per heavy atom. The molecule has 8 heteroatoms. The Kier molecular flexibility index (Phi) is 4.56. The molecule has 1 N–H and O–H groups in total. The van der Waals surface area contributed by atoms with Crippen molar-refractivity contribution in [2.75, 3.05) is 0 Å². The van der Waals surface area contributed by atoms with Gasteiger partial charge in [-0.25, -0.2) is 9.50 Å². The average molecular weight is 388 g/mol. The van der Waals surface area contributed by atoms with Crippen LogP contribution in [0.1, 0.15) is 43.1 Å². The smallest absolute Gasteiger partial charge is 0.303 e. The van der Waals surface area contributed by atoms with Crippen LogP contribution in [0.5, 0.6) is 0 Å². The van der Waals surface area contributed by atoms with Gasteiger partial charge in [0.05, 0.1) is 11.6 Å². The lowest BCUT2D eigenvalue weighted by molar-refractivity contribution is -0.182. The molecule has 0 atom stereocenters. The normalized spacial score (nSPS) is 20.4. The molecule has 0 spiro atoms. The molecule has 1 aromatic carbocycles. The summed E-state index contributed by atoms with van der Waals surface area (Å²) in [4.78, 5) is 19.9. The van der Waals surface area contributed by atoms with Gasteiger partial charge in [-0.15, -0.1) is 5.10 Å². The van der Waals surface area contributed by atoms with Crippen molar-refractivity contribution in [2.45, 2.75) is 37.8 Å². The van der Waals surface area contributed by atoms with Gasteiger partial charge >= 0.3 is 6.18 Å². The number of hydrogen-bond acceptors (Lipinski definition) is 3. The van der Waals surface area contributed by atoms with Gasteiger partial charge in [0.25, 0.3) is 5.56 Å². The molecule has 2 heterocycles. The van der Waals surface area contributed by atoms with E-state index in [1.165, 1.54) is 10.6 Å². The molecular weight excluding hydrogens is 369 g/mol. The van der Waals surface area contributed by atoms with Crippen molar-refractivity contribution in [3.63, 3.8) is 0 Å². The van der Waals surface area contributed by atoms with Crippen LogP contribution in [0.25, 0.3) is 23.0 Å². The average Bonchev–Trinajstić information content (AvgIpc) is 3.07. The first-order valence-electron chi connectivity index (χ1n) is 9.16. The van der Waals surface area contributed by atoms with Crippen LogP contribution in [0.2, 0.25) is 0 Å². The number of benzene rings is 1. The van der Waals surface area contributed by atoms with Crippen molar-refractivity contribution < 1.29 is 13.2 Å². The SMILES string of the molecule is C=Cc1nc(C2CCC(C(F)(F)F)CC2)n2nc(-c3ccccc3)[nH]c(=O)c12. The van der Waals surface area contributed by atoms with E-state index in [1.807, 2.05) is 30.3 Å². The predicted octanol–water partition coefficient (Wildman–Crippen LogP) is 4.56. The van der Waals surface area contributed by atoms with Crippen LogP contribution >= 0.6 is 0 Å². The van der Waals surface area contributed by atoms with Crippen molar-refractivity contribution in [3.8, 4) is 11.4 Å². The zero-order chi connectivity index (χ0) is 19.9. The van der Waals surface area contributed by atoms with Gasteiger partial charge in [0.15, 0.2) is 11.3 Å². The van der Waals surface area contributed by atoms with Crippen LogP contribution in [0, 0.1) is 5.92 Å². The second-order valence-corrected chi connectivity index (χ2v) is 7.08. The lowest BCUT2D eigenvalue weighted by Gasteiger charge is -2.29. The third-order valence-electron chi connectivity index (χ3n) is 5.35. The number of hydrogen-bond donors (Lipinski definition) is 1. The first-order valence-corrected chi connectivity index (χ1v) is 9.16. The Hall–Kier alpha value is -2.90. The number of aromatic amines is 1. The Bertz CT molecular complexity index is 1060. The number of rotatable bonds is 3. The van der Waals surface area contributed by atoms with Gasteiger partial charge in [0, 0.05) is 11.5 Å². The number of nitrogens with zero attached hydrogens (tertiary/aromatic N) is 3. The fourth-order valence-electron chi connectivity index (χ4n) is 3.86. The minimum atomic E-state index is -4.16. The van der Waals surface area contributed by atoms with Gasteiger partial charge in [-0.3, -0.25) is 4.79 Å². The number of imidazole rings is 1. The van der Waals surface area contributed by atoms with E-state index >= 15 is 0 Å². The summed E-state index contributed by atoms with van der Waals surface area (Å²) in [6.45, 7) is 3.70. The second-order valence-electron chi connectivity index (χ2n) is 7.08. The van der Waals surface area contributed by atoms with Crippen LogP contribution in [0.3, 0.4) is 0 Å². The summed E-state index contributed by atoms with van der Waals surface area (Å²) < 4.78 is 40.4. The van der Waals surface area contributed by atoms with Gasteiger partial charge in [-0.2, -0.15) is 13.2 Å². The third kappa shape index (κ3) is 3.23. The van der Waals surface area contributed by atoms with Crippen LogP contribution in [0.4, 0.5) is 13.2 Å². The Morgan fingerprint density at radius 2 is 1.82 bits per heavy atom. The van der Waals surface area contributed by atoms with E-state index in [0.717, 1.165) is 5.56 Å². The summed E-state index contributed by atoms with van der Waals surface area (Å²) in [7, 11) is 0. The molecule has 4 rings (SSSR count). The molecule has 5 nitrogen and oxygen atoms in total. The minimum absolute atomic E-state index is 0.0568. The minimum Gasteiger partial charge on any atom is -0.303 e. The highest BCUT2D eigenvalue weighted by Crippen LogP contribution is 2.42. The number of H-pyrrole nitrogens is 1. The second kappa shape index (κ2) is 6.92. The van der Waals surface area contributed by atoms with Gasteiger partial charge in [-0.05, 0) is 31.8 Å². The Morgan fingerprint density at radius 3 is 2.43 bits per heavy atom. The van der Waals surface area contributed by atoms with E-state index in [9.17, 15) is 18.0 Å². The number of halogens is 3. The fourth-order valence-corrected chi connectivity index (χ4v) is 3.86. The van der Waals surface area contributed by atoms with Gasteiger partial charge in [-0.1, -0.05) is 36.9 Å². The number of nitrogens with one attached hydrogen (secondary N) is 1. The van der Waals surface area contributed by atoms with E-state index in [-0.39, 0.29) is 29.8 Å². The van der Waals surface area contributed by atoms with Crippen LogP contribution in [0.15, 0.2) is 41.7 Å². The molecule has 2 aromatic heterocycles. The van der Waals surface area contributed by atoms with Crippen LogP contribution in [-0.2, 0) is 0 Å². The third-order valence-corrected chi connectivity index (χ3v) is 5.35. The van der Waals surface area contributed by atoms with Gasteiger partial charge in [0.2, 0.25) is 0 Å². The molecule has 0 unspecified atom stereocenters. The number of alkyl halides is 3. The van der Waals surface area contributed by atoms with E-state index in [2.05, 4.69) is 21.6 Å². The van der Waals surface area contributed by atoms with Crippen molar-refractivity contribution >= 4 is 11.6 Å². The molecule has 1 fully saturated rings. The van der Waals surface area contributed by atoms with Crippen LogP contribution < -0.4 is 5.56 Å². The van der Waals surface area contributed by atoms with Crippen molar-refractivity contribution in [1.29, 1.82) is 0 Å². The highest BCUT2D eigenvalue weighted by atomic mass is 19.4. The molecule has 146 valence electrons. The van der Waals surface area contributed by atoms with Crippen LogP contribution in [-0.4, -0.2) is 25.8 Å². The summed E-state index contributed by atoms with van der Waals surface area (Å²) in [6, 6.07) is 9.18. The monoisotopic (exact) mass is 388 g/mol. The van der Waals surface area contributed by atoms with E-state index in [1.54, 1.807) is 0 Å².